The third kappa shape index (κ3) is 2.41. The quantitative estimate of drug-likeness (QED) is 0.859. The molecule has 0 aromatic heterocycles. The van der Waals surface area contributed by atoms with Crippen molar-refractivity contribution in [1.29, 1.82) is 0 Å². The smallest absolute Gasteiger partial charge is 0.164 e. The van der Waals surface area contributed by atoms with E-state index in [1.807, 2.05) is 0 Å². The van der Waals surface area contributed by atoms with Crippen LogP contribution in [0.1, 0.15) is 49.8 Å². The molecule has 0 saturated heterocycles. The molecule has 18 heavy (non-hydrogen) atoms. The van der Waals surface area contributed by atoms with Crippen molar-refractivity contribution in [3.63, 3.8) is 0 Å². The number of hydrogen-bond donors (Lipinski definition) is 1. The largest absolute Gasteiger partial charge is 0.388 e. The number of aryl methyl sites for hydroxylation is 1. The molecule has 1 saturated carbocycles. The third-order valence-corrected chi connectivity index (χ3v) is 4.23. The lowest BCUT2D eigenvalue weighted by atomic mass is 9.92. The summed E-state index contributed by atoms with van der Waals surface area (Å²) < 4.78 is 27.3. The average Bonchev–Trinajstić information content (AvgIpc) is 2.84. The molecule has 1 fully saturated rings. The molecule has 100 valence electrons. The first-order chi connectivity index (χ1) is 8.54. The van der Waals surface area contributed by atoms with Gasteiger partial charge in [-0.3, -0.25) is 0 Å². The molecular weight excluding hydrogens is 234 g/mol. The minimum Gasteiger partial charge on any atom is -0.388 e. The Morgan fingerprint density at radius 2 is 2.00 bits per heavy atom. The van der Waals surface area contributed by atoms with E-state index in [-0.39, 0.29) is 17.0 Å². The Kier molecular flexibility index (Phi) is 4.00. The summed E-state index contributed by atoms with van der Waals surface area (Å²) in [5.41, 5.74) is 0.390. The molecule has 3 heteroatoms. The topological polar surface area (TPSA) is 20.2 Å². The Hall–Kier alpha value is -0.960. The van der Waals surface area contributed by atoms with E-state index >= 15 is 0 Å². The first kappa shape index (κ1) is 13.5. The lowest BCUT2D eigenvalue weighted by molar-refractivity contribution is 0.104. The molecule has 3 unspecified atom stereocenters. The van der Waals surface area contributed by atoms with Crippen LogP contribution in [0, 0.1) is 30.4 Å². The summed E-state index contributed by atoms with van der Waals surface area (Å²) >= 11 is 0. The predicted octanol–water partition coefficient (Wildman–Crippen LogP) is 4.13. The molecule has 3 atom stereocenters. The second-order valence-corrected chi connectivity index (χ2v) is 5.39. The van der Waals surface area contributed by atoms with Crippen molar-refractivity contribution in [1.82, 2.24) is 0 Å². The second-order valence-electron chi connectivity index (χ2n) is 5.39. The molecule has 1 aromatic carbocycles. The first-order valence-electron chi connectivity index (χ1n) is 6.67. The summed E-state index contributed by atoms with van der Waals surface area (Å²) in [6.45, 7) is 3.66. The van der Waals surface area contributed by atoms with Crippen LogP contribution in [0.3, 0.4) is 0 Å². The molecule has 0 bridgehead atoms. The average molecular weight is 254 g/mol. The summed E-state index contributed by atoms with van der Waals surface area (Å²) in [6, 6.07) is 3.04. The highest BCUT2D eigenvalue weighted by Crippen LogP contribution is 2.41. The molecule has 0 heterocycles. The molecule has 1 N–H and O–H groups in total. The number of halogens is 2. The van der Waals surface area contributed by atoms with Gasteiger partial charge in [-0.25, -0.2) is 8.78 Å². The van der Waals surface area contributed by atoms with E-state index in [9.17, 15) is 13.9 Å². The summed E-state index contributed by atoms with van der Waals surface area (Å²) in [7, 11) is 0. The minimum atomic E-state index is -0.887. The number of aliphatic hydroxyl groups is 1. The van der Waals surface area contributed by atoms with Gasteiger partial charge in [0.2, 0.25) is 0 Å². The fourth-order valence-electron chi connectivity index (χ4n) is 2.91. The molecule has 0 aliphatic heterocycles. The number of aliphatic hydroxyl groups excluding tert-OH is 1. The zero-order chi connectivity index (χ0) is 13.3. The van der Waals surface area contributed by atoms with Crippen molar-refractivity contribution in [2.75, 3.05) is 0 Å². The van der Waals surface area contributed by atoms with Crippen LogP contribution >= 0.6 is 0 Å². The van der Waals surface area contributed by atoms with E-state index in [1.54, 1.807) is 0 Å². The van der Waals surface area contributed by atoms with Crippen molar-refractivity contribution in [2.24, 2.45) is 11.8 Å². The highest BCUT2D eigenvalue weighted by Gasteiger charge is 2.31. The molecule has 1 aliphatic rings. The van der Waals surface area contributed by atoms with Crippen LogP contribution in [0.25, 0.3) is 0 Å². The van der Waals surface area contributed by atoms with Gasteiger partial charge in [-0.15, -0.1) is 0 Å². The van der Waals surface area contributed by atoms with Gasteiger partial charge < -0.3 is 5.11 Å². The molecule has 0 spiro atoms. The Morgan fingerprint density at radius 1 is 1.28 bits per heavy atom. The van der Waals surface area contributed by atoms with Gasteiger partial charge in [-0.1, -0.05) is 31.9 Å². The minimum absolute atomic E-state index is 0.0616. The van der Waals surface area contributed by atoms with E-state index in [1.165, 1.54) is 19.1 Å². The van der Waals surface area contributed by atoms with E-state index in [2.05, 4.69) is 6.92 Å². The summed E-state index contributed by atoms with van der Waals surface area (Å²) in [5.74, 6) is -1.05. The van der Waals surface area contributed by atoms with Gasteiger partial charge in [0.05, 0.1) is 6.10 Å². The first-order valence-corrected chi connectivity index (χ1v) is 6.67. The van der Waals surface area contributed by atoms with Crippen LogP contribution in [-0.2, 0) is 0 Å². The summed E-state index contributed by atoms with van der Waals surface area (Å²) in [5, 5.41) is 10.2. The van der Waals surface area contributed by atoms with Gasteiger partial charge in [0.15, 0.2) is 11.6 Å². The van der Waals surface area contributed by atoms with Gasteiger partial charge in [-0.2, -0.15) is 0 Å². The Bertz CT molecular complexity index is 431. The number of rotatable bonds is 3. The summed E-state index contributed by atoms with van der Waals surface area (Å²) in [6.07, 6.45) is 3.10. The predicted molar refractivity (Wildman–Crippen MR) is 67.2 cm³/mol. The van der Waals surface area contributed by atoms with E-state index < -0.39 is 17.7 Å². The van der Waals surface area contributed by atoms with Gasteiger partial charge in [0.25, 0.3) is 0 Å². The van der Waals surface area contributed by atoms with Crippen molar-refractivity contribution in [2.45, 2.75) is 45.6 Å². The van der Waals surface area contributed by atoms with Crippen molar-refractivity contribution in [3.8, 4) is 0 Å². The monoisotopic (exact) mass is 254 g/mol. The van der Waals surface area contributed by atoms with Crippen molar-refractivity contribution in [3.05, 3.63) is 34.9 Å². The third-order valence-electron chi connectivity index (χ3n) is 4.23. The van der Waals surface area contributed by atoms with E-state index in [0.717, 1.165) is 25.7 Å². The maximum Gasteiger partial charge on any atom is 0.164 e. The lowest BCUT2D eigenvalue weighted by Crippen LogP contribution is -2.12. The number of hydrogen-bond acceptors (Lipinski definition) is 1. The van der Waals surface area contributed by atoms with Crippen molar-refractivity contribution < 1.29 is 13.9 Å². The molecule has 0 amide bonds. The van der Waals surface area contributed by atoms with Gasteiger partial charge in [0.1, 0.15) is 0 Å². The Labute approximate surface area is 107 Å². The van der Waals surface area contributed by atoms with Crippen LogP contribution in [0.4, 0.5) is 8.78 Å². The van der Waals surface area contributed by atoms with Crippen LogP contribution < -0.4 is 0 Å². The van der Waals surface area contributed by atoms with Crippen LogP contribution in [0.15, 0.2) is 12.1 Å². The fraction of sp³-hybridized carbons (Fsp3) is 0.600. The lowest BCUT2D eigenvalue weighted by Gasteiger charge is -2.19. The molecule has 0 radical (unpaired) electrons. The zero-order valence-corrected chi connectivity index (χ0v) is 10.9. The Balaban J connectivity index is 2.19. The standard InChI is InChI=1S/C15H20F2O/c1-3-10-5-6-11(8-10)15(18)12-7-4-9(2)13(16)14(12)17/h4,7,10-11,15,18H,3,5-6,8H2,1-2H3. The van der Waals surface area contributed by atoms with Crippen molar-refractivity contribution >= 4 is 0 Å². The van der Waals surface area contributed by atoms with Gasteiger partial charge in [-0.05, 0) is 37.2 Å². The SMILES string of the molecule is CCC1CCC(C(O)c2ccc(C)c(F)c2F)C1. The molecular formula is C15H20F2O. The van der Waals surface area contributed by atoms with Crippen LogP contribution in [0.5, 0.6) is 0 Å². The zero-order valence-electron chi connectivity index (χ0n) is 10.9. The molecule has 1 aromatic rings. The maximum atomic E-state index is 13.8. The molecule has 1 aliphatic carbocycles. The fourth-order valence-corrected chi connectivity index (χ4v) is 2.91. The van der Waals surface area contributed by atoms with E-state index in [4.69, 9.17) is 0 Å². The second kappa shape index (κ2) is 5.35. The molecule has 1 nitrogen and oxygen atoms in total. The summed E-state index contributed by atoms with van der Waals surface area (Å²) in [4.78, 5) is 0. The van der Waals surface area contributed by atoms with Crippen LogP contribution in [-0.4, -0.2) is 5.11 Å². The van der Waals surface area contributed by atoms with Gasteiger partial charge in [0, 0.05) is 5.56 Å². The van der Waals surface area contributed by atoms with E-state index in [0.29, 0.717) is 5.92 Å². The number of benzene rings is 1. The highest BCUT2D eigenvalue weighted by atomic mass is 19.2. The Morgan fingerprint density at radius 3 is 2.61 bits per heavy atom. The highest BCUT2D eigenvalue weighted by molar-refractivity contribution is 5.27. The molecule has 2 rings (SSSR count). The maximum absolute atomic E-state index is 13.8. The normalized spacial score (nSPS) is 25.4. The van der Waals surface area contributed by atoms with Crippen LogP contribution in [0.2, 0.25) is 0 Å². The van der Waals surface area contributed by atoms with Gasteiger partial charge >= 0.3 is 0 Å².